The van der Waals surface area contributed by atoms with E-state index < -0.39 is 10.8 Å². The number of nitrogens with one attached hydrogen (secondary N) is 2. The number of carbonyl (C=O) groups is 1. The van der Waals surface area contributed by atoms with Crippen molar-refractivity contribution in [1.82, 2.24) is 10.6 Å². The van der Waals surface area contributed by atoms with Gasteiger partial charge in [0.1, 0.15) is 0 Å². The lowest BCUT2D eigenvalue weighted by Gasteiger charge is -2.10. The molecule has 82 valence electrons. The molecule has 0 radical (unpaired) electrons. The van der Waals surface area contributed by atoms with Crippen LogP contribution in [0.4, 0.5) is 0 Å². The van der Waals surface area contributed by atoms with Gasteiger partial charge in [0, 0.05) is 29.4 Å². The summed E-state index contributed by atoms with van der Waals surface area (Å²) < 4.78 is 10.7. The largest absolute Gasteiger partial charge is 0.355 e. The Bertz CT molecular complexity index is 215. The molecule has 0 bridgehead atoms. The van der Waals surface area contributed by atoms with Gasteiger partial charge in [-0.15, -0.1) is 0 Å². The second kappa shape index (κ2) is 6.14. The number of rotatable bonds is 5. The highest BCUT2D eigenvalue weighted by Crippen LogP contribution is 2.04. The van der Waals surface area contributed by atoms with Gasteiger partial charge in [0.05, 0.1) is 6.04 Å². The molecule has 1 saturated heterocycles. The van der Waals surface area contributed by atoms with Crippen LogP contribution in [0, 0.1) is 0 Å². The van der Waals surface area contributed by atoms with Crippen LogP contribution in [-0.2, 0) is 15.6 Å². The molecule has 0 saturated carbocycles. The van der Waals surface area contributed by atoms with E-state index in [1.165, 1.54) is 0 Å². The van der Waals surface area contributed by atoms with Gasteiger partial charge in [0.2, 0.25) is 5.91 Å². The van der Waals surface area contributed by atoms with Gasteiger partial charge in [-0.1, -0.05) is 0 Å². The third-order valence-corrected chi connectivity index (χ3v) is 3.15. The van der Waals surface area contributed by atoms with Gasteiger partial charge < -0.3 is 10.6 Å². The van der Waals surface area contributed by atoms with E-state index in [4.69, 9.17) is 0 Å². The monoisotopic (exact) mass is 218 g/mol. The van der Waals surface area contributed by atoms with Crippen molar-refractivity contribution in [3.8, 4) is 0 Å². The Hall–Kier alpha value is -0.420. The summed E-state index contributed by atoms with van der Waals surface area (Å²) in [6, 6.07) is 0.00197. The minimum absolute atomic E-state index is 0.00197. The molecule has 0 aromatic heterocycles. The molecule has 1 amide bonds. The second-order valence-corrected chi connectivity index (χ2v) is 5.13. The summed E-state index contributed by atoms with van der Waals surface area (Å²) in [5, 5.41) is 5.98. The standard InChI is InChI=1S/C9H18N2O2S/c1-14(13)7-3-6-11-9(12)8-4-2-5-10-8/h8,10H,2-7H2,1H3,(H,11,12). The van der Waals surface area contributed by atoms with Gasteiger partial charge in [-0.2, -0.15) is 0 Å². The fraction of sp³-hybridized carbons (Fsp3) is 0.889. The lowest BCUT2D eigenvalue weighted by molar-refractivity contribution is -0.122. The molecular formula is C9H18N2O2S. The van der Waals surface area contributed by atoms with Crippen LogP contribution >= 0.6 is 0 Å². The van der Waals surface area contributed by atoms with E-state index in [9.17, 15) is 9.00 Å². The molecule has 0 aliphatic carbocycles. The first kappa shape index (κ1) is 11.7. The predicted molar refractivity (Wildman–Crippen MR) is 57.6 cm³/mol. The van der Waals surface area contributed by atoms with Gasteiger partial charge >= 0.3 is 0 Å². The summed E-state index contributed by atoms with van der Waals surface area (Å²) in [7, 11) is -0.749. The topological polar surface area (TPSA) is 58.2 Å². The summed E-state index contributed by atoms with van der Waals surface area (Å²) in [4.78, 5) is 11.4. The van der Waals surface area contributed by atoms with E-state index in [2.05, 4.69) is 10.6 Å². The van der Waals surface area contributed by atoms with Gasteiger partial charge in [0.15, 0.2) is 0 Å². The maximum absolute atomic E-state index is 11.4. The van der Waals surface area contributed by atoms with Gasteiger partial charge in [-0.25, -0.2) is 0 Å². The molecule has 1 aliphatic rings. The first-order chi connectivity index (χ1) is 6.70. The molecule has 2 unspecified atom stereocenters. The summed E-state index contributed by atoms with van der Waals surface area (Å²) in [5.74, 6) is 0.752. The lowest BCUT2D eigenvalue weighted by atomic mass is 10.2. The van der Waals surface area contributed by atoms with E-state index in [0.29, 0.717) is 12.3 Å². The smallest absolute Gasteiger partial charge is 0.237 e. The summed E-state index contributed by atoms with van der Waals surface area (Å²) >= 11 is 0. The van der Waals surface area contributed by atoms with Crippen LogP contribution in [0.5, 0.6) is 0 Å². The first-order valence-electron chi connectivity index (χ1n) is 5.01. The van der Waals surface area contributed by atoms with E-state index in [0.717, 1.165) is 25.8 Å². The Balaban J connectivity index is 2.05. The van der Waals surface area contributed by atoms with Crippen molar-refractivity contribution >= 4 is 16.7 Å². The fourth-order valence-corrected chi connectivity index (χ4v) is 2.07. The van der Waals surface area contributed by atoms with Gasteiger partial charge in [0.25, 0.3) is 0 Å². The zero-order valence-corrected chi connectivity index (χ0v) is 9.36. The maximum atomic E-state index is 11.4. The third kappa shape index (κ3) is 4.19. The third-order valence-electron chi connectivity index (χ3n) is 2.28. The van der Waals surface area contributed by atoms with Crippen LogP contribution < -0.4 is 10.6 Å². The molecule has 0 aromatic carbocycles. The van der Waals surface area contributed by atoms with Crippen LogP contribution in [0.15, 0.2) is 0 Å². The molecular weight excluding hydrogens is 200 g/mol. The quantitative estimate of drug-likeness (QED) is 0.619. The highest BCUT2D eigenvalue weighted by Gasteiger charge is 2.20. The molecule has 14 heavy (non-hydrogen) atoms. The molecule has 1 rings (SSSR count). The zero-order chi connectivity index (χ0) is 10.4. The second-order valence-electron chi connectivity index (χ2n) is 3.57. The average Bonchev–Trinajstić information content (AvgIpc) is 2.64. The minimum atomic E-state index is -0.749. The van der Waals surface area contributed by atoms with E-state index in [1.54, 1.807) is 6.26 Å². The van der Waals surface area contributed by atoms with E-state index >= 15 is 0 Å². The fourth-order valence-electron chi connectivity index (χ4n) is 1.52. The summed E-state index contributed by atoms with van der Waals surface area (Å²) in [5.41, 5.74) is 0. The molecule has 1 heterocycles. The minimum Gasteiger partial charge on any atom is -0.355 e. The Kier molecular flexibility index (Phi) is 5.11. The van der Waals surface area contributed by atoms with Crippen molar-refractivity contribution < 1.29 is 9.00 Å². The van der Waals surface area contributed by atoms with Crippen LogP contribution in [-0.4, -0.2) is 41.3 Å². The normalized spacial score (nSPS) is 23.4. The van der Waals surface area contributed by atoms with Gasteiger partial charge in [-0.05, 0) is 25.8 Å². The van der Waals surface area contributed by atoms with E-state index in [1.807, 2.05) is 0 Å². The zero-order valence-electron chi connectivity index (χ0n) is 8.54. The van der Waals surface area contributed by atoms with Crippen molar-refractivity contribution in [2.24, 2.45) is 0 Å². The van der Waals surface area contributed by atoms with Gasteiger partial charge in [-0.3, -0.25) is 9.00 Å². The van der Waals surface area contributed by atoms with Crippen LogP contribution in [0.1, 0.15) is 19.3 Å². The molecule has 5 heteroatoms. The molecule has 1 fully saturated rings. The van der Waals surface area contributed by atoms with Crippen molar-refractivity contribution in [2.45, 2.75) is 25.3 Å². The van der Waals surface area contributed by atoms with Crippen molar-refractivity contribution in [3.05, 3.63) is 0 Å². The van der Waals surface area contributed by atoms with Crippen LogP contribution in [0.3, 0.4) is 0 Å². The Morgan fingerprint density at radius 1 is 1.64 bits per heavy atom. The Morgan fingerprint density at radius 2 is 2.43 bits per heavy atom. The first-order valence-corrected chi connectivity index (χ1v) is 6.74. The lowest BCUT2D eigenvalue weighted by Crippen LogP contribution is -2.40. The van der Waals surface area contributed by atoms with Crippen molar-refractivity contribution in [1.29, 1.82) is 0 Å². The molecule has 2 N–H and O–H groups in total. The van der Waals surface area contributed by atoms with Crippen molar-refractivity contribution in [3.63, 3.8) is 0 Å². The molecule has 4 nitrogen and oxygen atoms in total. The number of amides is 1. The summed E-state index contributed by atoms with van der Waals surface area (Å²) in [6.45, 7) is 1.58. The average molecular weight is 218 g/mol. The summed E-state index contributed by atoms with van der Waals surface area (Å²) in [6.07, 6.45) is 4.49. The SMILES string of the molecule is CS(=O)CCCNC(=O)C1CCCN1. The highest BCUT2D eigenvalue weighted by molar-refractivity contribution is 7.84. The predicted octanol–water partition coefficient (Wildman–Crippen LogP) is -0.377. The maximum Gasteiger partial charge on any atom is 0.237 e. The number of hydrogen-bond acceptors (Lipinski definition) is 3. The van der Waals surface area contributed by atoms with Crippen molar-refractivity contribution in [2.75, 3.05) is 25.1 Å². The molecule has 0 spiro atoms. The Labute approximate surface area is 87.3 Å². The number of carbonyl (C=O) groups excluding carboxylic acids is 1. The van der Waals surface area contributed by atoms with Crippen LogP contribution in [0.2, 0.25) is 0 Å². The Morgan fingerprint density at radius 3 is 3.00 bits per heavy atom. The molecule has 1 aliphatic heterocycles. The number of hydrogen-bond donors (Lipinski definition) is 2. The molecule has 0 aromatic rings. The molecule has 2 atom stereocenters. The van der Waals surface area contributed by atoms with E-state index in [-0.39, 0.29) is 11.9 Å². The van der Waals surface area contributed by atoms with Crippen LogP contribution in [0.25, 0.3) is 0 Å². The highest BCUT2D eigenvalue weighted by atomic mass is 32.2.